The van der Waals surface area contributed by atoms with Gasteiger partial charge in [-0.05, 0) is 62.8 Å². The fourth-order valence-corrected chi connectivity index (χ4v) is 2.75. The summed E-state index contributed by atoms with van der Waals surface area (Å²) in [7, 11) is 0. The SMILES string of the molecule is CCN(CC)CCCNCc1ccc(OCc2ccc(C)cc2)cc1.Cl.Cl. The zero-order chi connectivity index (χ0) is 17.9. The lowest BCUT2D eigenvalue weighted by molar-refractivity contribution is 0.298. The molecule has 0 atom stereocenters. The van der Waals surface area contributed by atoms with Crippen LogP contribution in [-0.2, 0) is 13.2 Å². The Morgan fingerprint density at radius 1 is 0.852 bits per heavy atom. The van der Waals surface area contributed by atoms with E-state index >= 15 is 0 Å². The van der Waals surface area contributed by atoms with E-state index in [1.54, 1.807) is 0 Å². The van der Waals surface area contributed by atoms with E-state index in [0.717, 1.165) is 31.9 Å². The van der Waals surface area contributed by atoms with Crippen LogP contribution in [0.4, 0.5) is 0 Å². The minimum Gasteiger partial charge on any atom is -0.489 e. The zero-order valence-corrected chi connectivity index (χ0v) is 18.4. The van der Waals surface area contributed by atoms with Crippen LogP contribution in [0.25, 0.3) is 0 Å². The van der Waals surface area contributed by atoms with Crippen LogP contribution in [-0.4, -0.2) is 31.1 Å². The highest BCUT2D eigenvalue weighted by atomic mass is 35.5. The fraction of sp³-hybridized carbons (Fsp3) is 0.455. The Labute approximate surface area is 177 Å². The first-order chi connectivity index (χ1) is 12.2. The predicted octanol–water partition coefficient (Wildman–Crippen LogP) is 5.24. The molecule has 0 aliphatic rings. The molecule has 0 fully saturated rings. The van der Waals surface area contributed by atoms with Crippen LogP contribution in [0.1, 0.15) is 37.0 Å². The second-order valence-corrected chi connectivity index (χ2v) is 6.48. The van der Waals surface area contributed by atoms with Crippen molar-refractivity contribution >= 4 is 24.8 Å². The van der Waals surface area contributed by atoms with Gasteiger partial charge in [-0.15, -0.1) is 24.8 Å². The van der Waals surface area contributed by atoms with E-state index in [4.69, 9.17) is 4.74 Å². The molecule has 0 radical (unpaired) electrons. The second kappa shape index (κ2) is 14.8. The third kappa shape index (κ3) is 10.0. The summed E-state index contributed by atoms with van der Waals surface area (Å²) in [4.78, 5) is 2.46. The molecule has 1 N–H and O–H groups in total. The molecule has 27 heavy (non-hydrogen) atoms. The summed E-state index contributed by atoms with van der Waals surface area (Å²) in [5.41, 5.74) is 3.77. The summed E-state index contributed by atoms with van der Waals surface area (Å²) in [6.07, 6.45) is 1.19. The van der Waals surface area contributed by atoms with E-state index in [0.29, 0.717) is 6.61 Å². The highest BCUT2D eigenvalue weighted by Crippen LogP contribution is 2.14. The molecule has 2 rings (SSSR count). The molecule has 152 valence electrons. The Balaban J connectivity index is 0.00000338. The Morgan fingerprint density at radius 3 is 2.04 bits per heavy atom. The van der Waals surface area contributed by atoms with Crippen LogP contribution in [0.2, 0.25) is 0 Å². The van der Waals surface area contributed by atoms with Crippen molar-refractivity contribution in [3.8, 4) is 5.75 Å². The maximum absolute atomic E-state index is 5.86. The first kappa shape index (κ1) is 25.7. The molecule has 0 unspecified atom stereocenters. The minimum absolute atomic E-state index is 0. The number of nitrogens with zero attached hydrogens (tertiary/aromatic N) is 1. The molecule has 0 aliphatic heterocycles. The molecule has 0 aromatic heterocycles. The third-order valence-electron chi connectivity index (χ3n) is 4.50. The molecule has 3 nitrogen and oxygen atoms in total. The lowest BCUT2D eigenvalue weighted by atomic mass is 10.2. The maximum atomic E-state index is 5.86. The van der Waals surface area contributed by atoms with Crippen molar-refractivity contribution in [2.75, 3.05) is 26.2 Å². The molecule has 2 aromatic rings. The summed E-state index contributed by atoms with van der Waals surface area (Å²) in [5.74, 6) is 0.922. The second-order valence-electron chi connectivity index (χ2n) is 6.48. The van der Waals surface area contributed by atoms with E-state index in [1.165, 1.54) is 29.7 Å². The average Bonchev–Trinajstić information content (AvgIpc) is 2.65. The standard InChI is InChI=1S/C22H32N2O.2ClH/c1-4-24(5-2)16-6-15-23-17-20-11-13-22(14-12-20)25-18-21-9-7-19(3)8-10-21;;/h7-14,23H,4-6,15-18H2,1-3H3;2*1H. The van der Waals surface area contributed by atoms with Crippen molar-refractivity contribution < 1.29 is 4.74 Å². The lowest BCUT2D eigenvalue weighted by Crippen LogP contribution is -2.27. The maximum Gasteiger partial charge on any atom is 0.119 e. The summed E-state index contributed by atoms with van der Waals surface area (Å²) in [6.45, 7) is 12.6. The van der Waals surface area contributed by atoms with E-state index in [1.807, 2.05) is 0 Å². The van der Waals surface area contributed by atoms with Gasteiger partial charge in [-0.25, -0.2) is 0 Å². The highest BCUT2D eigenvalue weighted by molar-refractivity contribution is 5.85. The van der Waals surface area contributed by atoms with Gasteiger partial charge in [0.05, 0.1) is 0 Å². The molecular formula is C22H34Cl2N2O. The van der Waals surface area contributed by atoms with E-state index in [9.17, 15) is 0 Å². The number of ether oxygens (including phenoxy) is 1. The molecule has 0 amide bonds. The van der Waals surface area contributed by atoms with Crippen LogP contribution in [0.5, 0.6) is 5.75 Å². The van der Waals surface area contributed by atoms with E-state index in [2.05, 4.69) is 79.5 Å². The van der Waals surface area contributed by atoms with Crippen LogP contribution in [0.3, 0.4) is 0 Å². The number of benzene rings is 2. The van der Waals surface area contributed by atoms with Gasteiger partial charge in [0.25, 0.3) is 0 Å². The van der Waals surface area contributed by atoms with Crippen LogP contribution in [0, 0.1) is 6.92 Å². The zero-order valence-electron chi connectivity index (χ0n) is 16.7. The molecule has 0 aliphatic carbocycles. The Morgan fingerprint density at radius 2 is 1.44 bits per heavy atom. The van der Waals surface area contributed by atoms with Gasteiger partial charge in [-0.3, -0.25) is 0 Å². The van der Waals surface area contributed by atoms with Gasteiger partial charge in [-0.1, -0.05) is 55.8 Å². The largest absolute Gasteiger partial charge is 0.489 e. The number of halogens is 2. The number of aryl methyl sites for hydroxylation is 1. The summed E-state index contributed by atoms with van der Waals surface area (Å²) in [5, 5.41) is 3.52. The van der Waals surface area contributed by atoms with Gasteiger partial charge in [0, 0.05) is 6.54 Å². The quantitative estimate of drug-likeness (QED) is 0.510. The molecule has 0 saturated carbocycles. The Kier molecular flexibility index (Phi) is 14.1. The number of rotatable bonds is 11. The average molecular weight is 413 g/mol. The van der Waals surface area contributed by atoms with E-state index in [-0.39, 0.29) is 24.8 Å². The summed E-state index contributed by atoms with van der Waals surface area (Å²) >= 11 is 0. The van der Waals surface area contributed by atoms with E-state index < -0.39 is 0 Å². The normalized spacial score (nSPS) is 10.2. The van der Waals surface area contributed by atoms with Crippen LogP contribution >= 0.6 is 24.8 Å². The summed E-state index contributed by atoms with van der Waals surface area (Å²) < 4.78 is 5.86. The lowest BCUT2D eigenvalue weighted by Gasteiger charge is -2.17. The highest BCUT2D eigenvalue weighted by Gasteiger charge is 2.00. The van der Waals surface area contributed by atoms with Crippen molar-refractivity contribution in [1.82, 2.24) is 10.2 Å². The van der Waals surface area contributed by atoms with Crippen molar-refractivity contribution in [2.24, 2.45) is 0 Å². The topological polar surface area (TPSA) is 24.5 Å². The van der Waals surface area contributed by atoms with Gasteiger partial charge < -0.3 is 15.0 Å². The number of nitrogens with one attached hydrogen (secondary N) is 1. The van der Waals surface area contributed by atoms with Gasteiger partial charge >= 0.3 is 0 Å². The van der Waals surface area contributed by atoms with Gasteiger partial charge in [0.15, 0.2) is 0 Å². The number of hydrogen-bond acceptors (Lipinski definition) is 3. The van der Waals surface area contributed by atoms with Crippen LogP contribution < -0.4 is 10.1 Å². The van der Waals surface area contributed by atoms with Gasteiger partial charge in [-0.2, -0.15) is 0 Å². The first-order valence-corrected chi connectivity index (χ1v) is 9.41. The van der Waals surface area contributed by atoms with Crippen molar-refractivity contribution in [3.05, 3.63) is 65.2 Å². The Hall–Kier alpha value is -1.26. The summed E-state index contributed by atoms with van der Waals surface area (Å²) in [6, 6.07) is 16.9. The van der Waals surface area contributed by atoms with Crippen LogP contribution in [0.15, 0.2) is 48.5 Å². The molecule has 0 saturated heterocycles. The van der Waals surface area contributed by atoms with Crippen molar-refractivity contribution in [3.63, 3.8) is 0 Å². The van der Waals surface area contributed by atoms with Crippen molar-refractivity contribution in [1.29, 1.82) is 0 Å². The predicted molar refractivity (Wildman–Crippen MR) is 121 cm³/mol. The monoisotopic (exact) mass is 412 g/mol. The molecule has 5 heteroatoms. The molecular weight excluding hydrogens is 379 g/mol. The van der Waals surface area contributed by atoms with Gasteiger partial charge in [0.2, 0.25) is 0 Å². The molecule has 0 bridgehead atoms. The first-order valence-electron chi connectivity index (χ1n) is 9.41. The smallest absolute Gasteiger partial charge is 0.119 e. The molecule has 0 heterocycles. The molecule has 0 spiro atoms. The third-order valence-corrected chi connectivity index (χ3v) is 4.50. The number of hydrogen-bond donors (Lipinski definition) is 1. The Bertz CT molecular complexity index is 599. The fourth-order valence-electron chi connectivity index (χ4n) is 2.75. The molecule has 2 aromatic carbocycles. The van der Waals surface area contributed by atoms with Crippen molar-refractivity contribution in [2.45, 2.75) is 40.3 Å². The van der Waals surface area contributed by atoms with Gasteiger partial charge in [0.1, 0.15) is 12.4 Å². The minimum atomic E-state index is 0.